The number of likely N-dealkylation sites (tertiary alicyclic amines) is 2. The summed E-state index contributed by atoms with van der Waals surface area (Å²) in [4.78, 5) is 68.6. The summed E-state index contributed by atoms with van der Waals surface area (Å²) in [5.41, 5.74) is 5.80. The molecule has 0 unspecified atom stereocenters. The van der Waals surface area contributed by atoms with Gasteiger partial charge in [0.1, 0.15) is 12.1 Å². The molecule has 0 aliphatic carbocycles. The molecule has 2 aliphatic rings. The second kappa shape index (κ2) is 20.3. The van der Waals surface area contributed by atoms with E-state index < -0.39 is 24.3 Å². The lowest BCUT2D eigenvalue weighted by molar-refractivity contribution is -0.139. The molecule has 15 heteroatoms. The Labute approximate surface area is 368 Å². The second-order valence-corrected chi connectivity index (χ2v) is 17.1. The van der Waals surface area contributed by atoms with Gasteiger partial charge < -0.3 is 40.2 Å². The van der Waals surface area contributed by atoms with E-state index in [1.165, 1.54) is 14.2 Å². The van der Waals surface area contributed by atoms with Crippen molar-refractivity contribution < 1.29 is 33.4 Å². The quantitative estimate of drug-likeness (QED) is 0.0993. The fourth-order valence-corrected chi connectivity index (χ4v) is 8.77. The Morgan fingerprint density at radius 2 is 1.13 bits per heavy atom. The summed E-state index contributed by atoms with van der Waals surface area (Å²) < 4.78 is 11.7. The van der Waals surface area contributed by atoms with E-state index in [1.807, 2.05) is 120 Å². The molecule has 3 aromatic carbocycles. The molecule has 4 N–H and O–H groups in total. The first kappa shape index (κ1) is 45.7. The van der Waals surface area contributed by atoms with Crippen molar-refractivity contribution in [1.29, 1.82) is 0 Å². The number of hydrogen-bond acceptors (Lipinski definition) is 8. The van der Waals surface area contributed by atoms with Gasteiger partial charge in [-0.05, 0) is 123 Å². The zero-order chi connectivity index (χ0) is 44.7. The maximum atomic E-state index is 13.7. The number of alkyl carbamates (subject to hydrolysis) is 2. The molecule has 2 aliphatic heterocycles. The number of carbonyl (C=O) groups excluding carboxylic acids is 5. The van der Waals surface area contributed by atoms with Gasteiger partial charge in [0.25, 0.3) is 0 Å². The molecule has 62 heavy (non-hydrogen) atoms. The van der Waals surface area contributed by atoms with Crippen LogP contribution in [-0.2, 0) is 23.9 Å². The molecule has 0 saturated carbocycles. The number of ether oxygens (including phenoxy) is 2. The highest BCUT2D eigenvalue weighted by atomic mass is 35.5. The normalized spacial score (nSPS) is 17.9. The first-order valence-corrected chi connectivity index (χ1v) is 21.6. The molecule has 0 spiro atoms. The van der Waals surface area contributed by atoms with E-state index in [1.54, 1.807) is 4.90 Å². The summed E-state index contributed by atoms with van der Waals surface area (Å²) in [5.74, 6) is -0.763. The summed E-state index contributed by atoms with van der Waals surface area (Å²) in [5, 5.41) is 12.3. The summed E-state index contributed by atoms with van der Waals surface area (Å²) in [7, 11) is 2.60. The molecule has 3 heterocycles. The number of halogens is 1. The fourth-order valence-electron chi connectivity index (χ4n) is 8.64. The molecule has 14 nitrogen and oxygen atoms in total. The highest BCUT2D eigenvalue weighted by molar-refractivity contribution is 6.30. The Morgan fingerprint density at radius 1 is 0.629 bits per heavy atom. The third-order valence-corrected chi connectivity index (χ3v) is 12.2. The molecule has 2 saturated heterocycles. The van der Waals surface area contributed by atoms with Gasteiger partial charge in [0.15, 0.2) is 0 Å². The van der Waals surface area contributed by atoms with Gasteiger partial charge in [-0.25, -0.2) is 9.59 Å². The van der Waals surface area contributed by atoms with E-state index in [0.717, 1.165) is 47.6 Å². The summed E-state index contributed by atoms with van der Waals surface area (Å²) in [6.45, 7) is 11.0. The Balaban J connectivity index is 1.18. The lowest BCUT2D eigenvalue weighted by Gasteiger charge is -2.37. The predicted molar refractivity (Wildman–Crippen MR) is 241 cm³/mol. The highest BCUT2D eigenvalue weighted by Gasteiger charge is 2.40. The van der Waals surface area contributed by atoms with E-state index in [-0.39, 0.29) is 47.7 Å². The molecular weight excluding hydrogens is 810 g/mol. The molecule has 0 radical (unpaired) electrons. The Morgan fingerprint density at radius 3 is 1.65 bits per heavy atom. The van der Waals surface area contributed by atoms with Crippen LogP contribution in [0.5, 0.6) is 0 Å². The van der Waals surface area contributed by atoms with Crippen LogP contribution >= 0.6 is 11.6 Å². The number of nitrogens with one attached hydrogen (secondary N) is 4. The third-order valence-electron chi connectivity index (χ3n) is 11.9. The van der Waals surface area contributed by atoms with Crippen LogP contribution in [0, 0.1) is 11.8 Å². The average Bonchev–Trinajstić information content (AvgIpc) is 4.06. The molecule has 4 aromatic rings. The molecule has 6 rings (SSSR count). The fraction of sp³-hybridized carbons (Fsp3) is 0.426. The number of rotatable bonds is 14. The van der Waals surface area contributed by atoms with E-state index in [2.05, 4.69) is 30.7 Å². The van der Waals surface area contributed by atoms with Crippen LogP contribution in [0.2, 0.25) is 5.02 Å². The van der Waals surface area contributed by atoms with Gasteiger partial charge in [-0.2, -0.15) is 0 Å². The molecule has 1 aromatic heterocycles. The van der Waals surface area contributed by atoms with Crippen molar-refractivity contribution in [2.24, 2.45) is 11.8 Å². The molecule has 5 amide bonds. The van der Waals surface area contributed by atoms with Gasteiger partial charge >= 0.3 is 12.2 Å². The van der Waals surface area contributed by atoms with Gasteiger partial charge in [0.2, 0.25) is 17.7 Å². The van der Waals surface area contributed by atoms with Crippen molar-refractivity contribution >= 4 is 52.9 Å². The van der Waals surface area contributed by atoms with Crippen LogP contribution in [0.4, 0.5) is 21.0 Å². The van der Waals surface area contributed by atoms with Crippen LogP contribution in [0.15, 0.2) is 84.9 Å². The number of benzene rings is 3. The molecular formula is C47H58ClN7O7. The van der Waals surface area contributed by atoms with Crippen LogP contribution < -0.4 is 21.3 Å². The smallest absolute Gasteiger partial charge is 0.407 e. The maximum absolute atomic E-state index is 13.7. The minimum atomic E-state index is -0.818. The molecule has 0 bridgehead atoms. The first-order valence-electron chi connectivity index (χ1n) is 21.3. The number of nitrogens with zero attached hydrogens (tertiary/aromatic N) is 3. The van der Waals surface area contributed by atoms with Crippen molar-refractivity contribution in [3.05, 3.63) is 90.0 Å². The number of carbonyl (C=O) groups is 5. The van der Waals surface area contributed by atoms with E-state index in [0.29, 0.717) is 35.8 Å². The lowest BCUT2D eigenvalue weighted by Crippen LogP contribution is -2.56. The van der Waals surface area contributed by atoms with E-state index >= 15 is 0 Å². The molecule has 2 fully saturated rings. The summed E-state index contributed by atoms with van der Waals surface area (Å²) >= 11 is 6.31. The second-order valence-electron chi connectivity index (χ2n) is 16.6. The number of methoxy groups -OCH3 is 2. The van der Waals surface area contributed by atoms with Crippen LogP contribution in [0.25, 0.3) is 28.2 Å². The van der Waals surface area contributed by atoms with E-state index in [9.17, 15) is 24.0 Å². The van der Waals surface area contributed by atoms with Gasteiger partial charge in [-0.3, -0.25) is 19.3 Å². The number of amides is 5. The average molecular weight is 868 g/mol. The maximum Gasteiger partial charge on any atom is 0.407 e. The van der Waals surface area contributed by atoms with Crippen molar-refractivity contribution in [3.63, 3.8) is 0 Å². The number of anilines is 2. The van der Waals surface area contributed by atoms with Crippen LogP contribution in [0.1, 0.15) is 60.3 Å². The van der Waals surface area contributed by atoms with Crippen molar-refractivity contribution in [2.45, 2.75) is 90.5 Å². The topological polar surface area (TPSA) is 163 Å². The van der Waals surface area contributed by atoms with Gasteiger partial charge in [-0.1, -0.05) is 63.6 Å². The van der Waals surface area contributed by atoms with Gasteiger partial charge in [0.05, 0.1) is 31.6 Å². The van der Waals surface area contributed by atoms with Crippen molar-refractivity contribution in [3.8, 4) is 28.2 Å². The zero-order valence-corrected chi connectivity index (χ0v) is 37.2. The van der Waals surface area contributed by atoms with Crippen LogP contribution in [-0.4, -0.2) is 102 Å². The monoisotopic (exact) mass is 867 g/mol. The number of aromatic nitrogens is 1. The Hall–Kier alpha value is -5.86. The SMILES string of the molecule is COC(=O)N[C@H](C(=O)N1CCC[C@H]1C(=O)Nc1ccc(-c2ccc(-c3ccc(NC(=O)[C@@H]4CCCN4[C@H](C)[C@@H](NC(=O)OC)C(C)C)cc3)n2-c2ccc(Cl)cc2)cc1)C(C)C. The third kappa shape index (κ3) is 10.4. The molecule has 5 atom stereocenters. The van der Waals surface area contributed by atoms with Crippen LogP contribution in [0.3, 0.4) is 0 Å². The summed E-state index contributed by atoms with van der Waals surface area (Å²) in [6.07, 6.45) is 1.60. The van der Waals surface area contributed by atoms with E-state index in [4.69, 9.17) is 21.1 Å². The Kier molecular flexibility index (Phi) is 15.0. The summed E-state index contributed by atoms with van der Waals surface area (Å²) in [6, 6.07) is 24.9. The van der Waals surface area contributed by atoms with Gasteiger partial charge in [-0.15, -0.1) is 0 Å². The van der Waals surface area contributed by atoms with Crippen molar-refractivity contribution in [1.82, 2.24) is 25.0 Å². The zero-order valence-electron chi connectivity index (χ0n) is 36.4. The highest BCUT2D eigenvalue weighted by Crippen LogP contribution is 2.35. The lowest BCUT2D eigenvalue weighted by atomic mass is 9.95. The first-order chi connectivity index (χ1) is 29.7. The van der Waals surface area contributed by atoms with Gasteiger partial charge in [0, 0.05) is 40.7 Å². The largest absolute Gasteiger partial charge is 0.453 e. The number of hydrogen-bond donors (Lipinski definition) is 4. The Bertz CT molecular complexity index is 2210. The van der Waals surface area contributed by atoms with Crippen molar-refractivity contribution in [2.75, 3.05) is 37.9 Å². The minimum absolute atomic E-state index is 0.0819. The standard InChI is InChI=1S/C47H58ClN7O7/c1-28(2)41(51-46(59)61-6)30(5)53-26-8-10-39(53)43(56)49-34-18-12-31(13-19-34)37-24-25-38(55(37)36-22-16-33(48)17-23-36)32-14-20-35(21-15-32)50-44(57)40-11-9-27-54(40)45(58)42(29(3)4)52-47(60)62-7/h12-25,28-30,39-42H,8-11,26-27H2,1-7H3,(H,49,56)(H,50,57)(H,51,59)(H,52,60)/t30-,39+,40+,41+,42+/m1/s1. The predicted octanol–water partition coefficient (Wildman–Crippen LogP) is 7.95. The molecule has 330 valence electrons. The minimum Gasteiger partial charge on any atom is -0.453 e.